The lowest BCUT2D eigenvalue weighted by molar-refractivity contribution is 1.07. The Morgan fingerprint density at radius 2 is 0.579 bits per heavy atom. The molecule has 14 aromatic carbocycles. The quantitative estimate of drug-likeness (QED) is 0.122. The van der Waals surface area contributed by atoms with Crippen LogP contribution in [-0.2, 0) is 0 Å². The normalized spacial score (nSPS) is 11.5. The van der Waals surface area contributed by atoms with Crippen molar-refractivity contribution in [3.05, 3.63) is 344 Å². The topological polar surface area (TPSA) is 48.5 Å². The van der Waals surface area contributed by atoms with Gasteiger partial charge in [0.25, 0.3) is 0 Å². The SMILES string of the molecule is Cc1cc(C)c(-c2ccc3c(c2)c2cc(-c4ccccc4)c(-n4c5ccccc5c5ccccc54)cc2n3-c2c(-c3ccccc3)cc(-c3nc(-c4ccc(-c5ccccc5)cc4)nc(-c4cc(-c5ccccc5)cc(-c5ccccc5)c4)n3)cc2-c2ccccc2)c(C)c1. The molecule has 0 atom stereocenters. The molecule has 0 bridgehead atoms. The Morgan fingerprint density at radius 3 is 1.07 bits per heavy atom. The van der Waals surface area contributed by atoms with Gasteiger partial charge in [0.15, 0.2) is 17.5 Å². The van der Waals surface area contributed by atoms with Gasteiger partial charge in [-0.15, -0.1) is 0 Å². The molecular weight excluding hydrogens is 1150 g/mol. The third-order valence-electron chi connectivity index (χ3n) is 18.8. The molecule has 0 aliphatic rings. The molecule has 17 rings (SSSR count). The zero-order chi connectivity index (χ0) is 63.5. The first-order valence-corrected chi connectivity index (χ1v) is 32.6. The summed E-state index contributed by atoms with van der Waals surface area (Å²) in [7, 11) is 0. The van der Waals surface area contributed by atoms with E-state index in [4.69, 9.17) is 15.0 Å². The lowest BCUT2D eigenvalue weighted by Crippen LogP contribution is -2.05. The fourth-order valence-electron chi connectivity index (χ4n) is 14.5. The third-order valence-corrected chi connectivity index (χ3v) is 18.8. The summed E-state index contributed by atoms with van der Waals surface area (Å²) in [6, 6.07) is 119. The summed E-state index contributed by atoms with van der Waals surface area (Å²) >= 11 is 0. The number of fused-ring (bicyclic) bond motifs is 6. The van der Waals surface area contributed by atoms with E-state index in [1.165, 1.54) is 38.6 Å². The molecule has 0 amide bonds. The largest absolute Gasteiger partial charge is 0.309 e. The van der Waals surface area contributed by atoms with Gasteiger partial charge in [-0.3, -0.25) is 0 Å². The number of rotatable bonds is 12. The van der Waals surface area contributed by atoms with Crippen LogP contribution in [0.1, 0.15) is 16.7 Å². The summed E-state index contributed by atoms with van der Waals surface area (Å²) in [6.07, 6.45) is 0. The molecule has 0 unspecified atom stereocenters. The third kappa shape index (κ3) is 10.3. The van der Waals surface area contributed by atoms with Crippen molar-refractivity contribution in [3.8, 4) is 123 Å². The Kier molecular flexibility index (Phi) is 14.2. The van der Waals surface area contributed by atoms with Crippen molar-refractivity contribution >= 4 is 43.6 Å². The van der Waals surface area contributed by atoms with Crippen LogP contribution in [0.2, 0.25) is 0 Å². The van der Waals surface area contributed by atoms with E-state index in [1.807, 2.05) is 0 Å². The Labute approximate surface area is 552 Å². The van der Waals surface area contributed by atoms with Gasteiger partial charge in [0.05, 0.1) is 33.4 Å². The molecule has 17 aromatic rings. The second-order valence-electron chi connectivity index (χ2n) is 24.9. The summed E-state index contributed by atoms with van der Waals surface area (Å²) in [4.78, 5) is 16.7. The molecule has 0 radical (unpaired) electrons. The van der Waals surface area contributed by atoms with Crippen LogP contribution in [0.3, 0.4) is 0 Å². The highest BCUT2D eigenvalue weighted by atomic mass is 15.0. The highest BCUT2D eigenvalue weighted by Gasteiger charge is 2.27. The van der Waals surface area contributed by atoms with E-state index in [9.17, 15) is 0 Å². The van der Waals surface area contributed by atoms with Crippen LogP contribution in [0.5, 0.6) is 0 Å². The zero-order valence-corrected chi connectivity index (χ0v) is 52.9. The van der Waals surface area contributed by atoms with Crippen molar-refractivity contribution in [2.75, 3.05) is 0 Å². The zero-order valence-electron chi connectivity index (χ0n) is 52.9. The van der Waals surface area contributed by atoms with Gasteiger partial charge in [-0.05, 0) is 160 Å². The van der Waals surface area contributed by atoms with Gasteiger partial charge in [0, 0.05) is 54.9 Å². The van der Waals surface area contributed by atoms with Crippen LogP contribution in [0.15, 0.2) is 328 Å². The van der Waals surface area contributed by atoms with Gasteiger partial charge in [-0.1, -0.05) is 266 Å². The first-order chi connectivity index (χ1) is 46.8. The summed E-state index contributed by atoms with van der Waals surface area (Å²) in [5, 5.41) is 4.72. The van der Waals surface area contributed by atoms with E-state index in [2.05, 4.69) is 357 Å². The van der Waals surface area contributed by atoms with Gasteiger partial charge in [0.2, 0.25) is 0 Å². The van der Waals surface area contributed by atoms with Gasteiger partial charge >= 0.3 is 0 Å². The summed E-state index contributed by atoms with van der Waals surface area (Å²) in [5.41, 5.74) is 28.4. The van der Waals surface area contributed by atoms with E-state index in [0.717, 1.165) is 128 Å². The number of para-hydroxylation sites is 2. The van der Waals surface area contributed by atoms with E-state index in [0.29, 0.717) is 17.5 Å². The van der Waals surface area contributed by atoms with Crippen molar-refractivity contribution in [1.82, 2.24) is 24.1 Å². The van der Waals surface area contributed by atoms with Crippen molar-refractivity contribution in [2.24, 2.45) is 0 Å². The Balaban J connectivity index is 0.980. The highest BCUT2D eigenvalue weighted by Crippen LogP contribution is 2.48. The van der Waals surface area contributed by atoms with Crippen LogP contribution in [-0.4, -0.2) is 24.1 Å². The van der Waals surface area contributed by atoms with Crippen LogP contribution in [0.4, 0.5) is 0 Å². The number of benzene rings is 14. The smallest absolute Gasteiger partial charge is 0.164 e. The van der Waals surface area contributed by atoms with E-state index >= 15 is 0 Å². The molecule has 0 spiro atoms. The lowest BCUT2D eigenvalue weighted by atomic mass is 9.92. The molecule has 448 valence electrons. The predicted octanol–water partition coefficient (Wildman–Crippen LogP) is 23.7. The fraction of sp³-hybridized carbons (Fsp3) is 0.0333. The van der Waals surface area contributed by atoms with Gasteiger partial charge < -0.3 is 9.13 Å². The van der Waals surface area contributed by atoms with Gasteiger partial charge in [0.1, 0.15) is 0 Å². The van der Waals surface area contributed by atoms with Crippen LogP contribution >= 0.6 is 0 Å². The molecular formula is C90H63N5. The second kappa shape index (κ2) is 23.7. The van der Waals surface area contributed by atoms with Gasteiger partial charge in [-0.25, -0.2) is 15.0 Å². The minimum atomic E-state index is 0.557. The molecule has 0 fully saturated rings. The van der Waals surface area contributed by atoms with Crippen LogP contribution in [0, 0.1) is 20.8 Å². The monoisotopic (exact) mass is 1210 g/mol. The number of aryl methyl sites for hydroxylation is 3. The first-order valence-electron chi connectivity index (χ1n) is 32.6. The number of hydrogen-bond acceptors (Lipinski definition) is 3. The maximum Gasteiger partial charge on any atom is 0.164 e. The maximum absolute atomic E-state index is 5.65. The molecule has 0 saturated heterocycles. The van der Waals surface area contributed by atoms with Crippen LogP contribution in [0.25, 0.3) is 167 Å². The number of hydrogen-bond donors (Lipinski definition) is 0. The first kappa shape index (κ1) is 56.7. The summed E-state index contributed by atoms with van der Waals surface area (Å²) < 4.78 is 5.05. The molecule has 95 heavy (non-hydrogen) atoms. The van der Waals surface area contributed by atoms with Crippen molar-refractivity contribution in [2.45, 2.75) is 20.8 Å². The van der Waals surface area contributed by atoms with Crippen molar-refractivity contribution < 1.29 is 0 Å². The Morgan fingerprint density at radius 1 is 0.221 bits per heavy atom. The van der Waals surface area contributed by atoms with Crippen LogP contribution < -0.4 is 0 Å². The van der Waals surface area contributed by atoms with Gasteiger partial charge in [-0.2, -0.15) is 0 Å². The molecule has 5 nitrogen and oxygen atoms in total. The Hall–Kier alpha value is -12.3. The second-order valence-corrected chi connectivity index (χ2v) is 24.9. The van der Waals surface area contributed by atoms with E-state index < -0.39 is 0 Å². The molecule has 0 aliphatic heterocycles. The van der Waals surface area contributed by atoms with E-state index in [1.54, 1.807) is 0 Å². The van der Waals surface area contributed by atoms with Crippen molar-refractivity contribution in [1.29, 1.82) is 0 Å². The maximum atomic E-state index is 5.65. The molecule has 3 heterocycles. The highest BCUT2D eigenvalue weighted by molar-refractivity contribution is 6.16. The summed E-state index contributed by atoms with van der Waals surface area (Å²) in [5.74, 6) is 1.70. The number of nitrogens with zero attached hydrogens (tertiary/aromatic N) is 5. The molecule has 3 aromatic heterocycles. The average Bonchev–Trinajstić information content (AvgIpc) is 1.58. The molecule has 0 aliphatic carbocycles. The van der Waals surface area contributed by atoms with Crippen molar-refractivity contribution in [3.63, 3.8) is 0 Å². The minimum absolute atomic E-state index is 0.557. The average molecular weight is 1210 g/mol. The van der Waals surface area contributed by atoms with E-state index in [-0.39, 0.29) is 0 Å². The Bertz CT molecular complexity index is 5560. The lowest BCUT2D eigenvalue weighted by Gasteiger charge is -2.22. The molecule has 5 heteroatoms. The fourth-order valence-corrected chi connectivity index (χ4v) is 14.5. The standard InChI is InChI=1S/C90H63N5/c1-58-48-59(2)86(60(3)49-58)69-46-47-83-79(53-69)80-56-76(65-32-16-7-17-33-65)84(94-81-40-24-22-38-74(81)75-39-23-25-41-82(75)94)57-85(80)95(83)87-77(66-34-18-8-19-35-66)54-73(55-78(87)67-36-20-9-21-37-67)90-92-88(68-44-42-64(43-45-68)61-26-10-4-11-27-61)91-89(93-90)72-51-70(62-28-12-5-13-29-62)50-71(52-72)63-30-14-6-15-31-63/h4-57H,1-3H3. The number of aromatic nitrogens is 5. The minimum Gasteiger partial charge on any atom is -0.309 e. The molecule has 0 saturated carbocycles. The summed E-state index contributed by atoms with van der Waals surface area (Å²) in [6.45, 7) is 6.69. The molecule has 0 N–H and O–H groups in total. The predicted molar refractivity (Wildman–Crippen MR) is 397 cm³/mol.